The van der Waals surface area contributed by atoms with E-state index in [1.807, 2.05) is 47.5 Å². The van der Waals surface area contributed by atoms with Crippen LogP contribution in [0.3, 0.4) is 0 Å². The van der Waals surface area contributed by atoms with Crippen LogP contribution in [-0.4, -0.2) is 47.2 Å². The van der Waals surface area contributed by atoms with E-state index in [1.54, 1.807) is 18.0 Å². The van der Waals surface area contributed by atoms with Crippen LogP contribution in [0.5, 0.6) is 5.75 Å². The molecule has 7 nitrogen and oxygen atoms in total. The molecule has 0 saturated carbocycles. The fourth-order valence-corrected chi connectivity index (χ4v) is 4.67. The van der Waals surface area contributed by atoms with E-state index in [2.05, 4.69) is 34.6 Å². The van der Waals surface area contributed by atoms with E-state index in [0.29, 0.717) is 17.2 Å². The maximum absolute atomic E-state index is 12.3. The number of benzene rings is 3. The van der Waals surface area contributed by atoms with Gasteiger partial charge in [0, 0.05) is 17.9 Å². The zero-order valence-corrected chi connectivity index (χ0v) is 22.9. The minimum absolute atomic E-state index is 0.245. The number of thioether (sulfide) groups is 1. The van der Waals surface area contributed by atoms with Crippen molar-refractivity contribution in [1.82, 2.24) is 5.01 Å². The number of amidine groups is 2. The van der Waals surface area contributed by atoms with E-state index in [9.17, 15) is 13.2 Å². The first-order valence-corrected chi connectivity index (χ1v) is 13.6. The van der Waals surface area contributed by atoms with Gasteiger partial charge in [-0.2, -0.15) is 5.10 Å². The average Bonchev–Trinajstić information content (AvgIpc) is 2.93. The number of halogens is 3. The Morgan fingerprint density at radius 1 is 1.02 bits per heavy atom. The van der Waals surface area contributed by atoms with E-state index in [-0.39, 0.29) is 11.6 Å². The molecular formula is C29H29F3N6OS. The van der Waals surface area contributed by atoms with Crippen molar-refractivity contribution < 1.29 is 17.9 Å². The third-order valence-corrected chi connectivity index (χ3v) is 6.82. The molecule has 0 amide bonds. The predicted molar refractivity (Wildman–Crippen MR) is 157 cm³/mol. The van der Waals surface area contributed by atoms with Crippen LogP contribution in [-0.2, 0) is 0 Å². The highest BCUT2D eigenvalue weighted by atomic mass is 32.2. The van der Waals surface area contributed by atoms with Crippen molar-refractivity contribution in [2.45, 2.75) is 32.5 Å². The van der Waals surface area contributed by atoms with Crippen LogP contribution in [0.4, 0.5) is 24.5 Å². The molecule has 0 radical (unpaired) electrons. The van der Waals surface area contributed by atoms with Gasteiger partial charge >= 0.3 is 6.36 Å². The zero-order chi connectivity index (χ0) is 28.5. The van der Waals surface area contributed by atoms with Crippen molar-refractivity contribution in [1.29, 1.82) is 0 Å². The van der Waals surface area contributed by atoms with Crippen LogP contribution in [0.1, 0.15) is 42.9 Å². The van der Waals surface area contributed by atoms with E-state index in [0.717, 1.165) is 35.1 Å². The second kappa shape index (κ2) is 13.3. The van der Waals surface area contributed by atoms with E-state index < -0.39 is 6.36 Å². The number of rotatable bonds is 8. The van der Waals surface area contributed by atoms with Gasteiger partial charge in [-0.3, -0.25) is 0 Å². The molecule has 0 unspecified atom stereocenters. The highest BCUT2D eigenvalue weighted by Gasteiger charge is 2.30. The van der Waals surface area contributed by atoms with E-state index in [4.69, 9.17) is 15.8 Å². The Bertz CT molecular complexity index is 1400. The third-order valence-electron chi connectivity index (χ3n) is 5.77. The molecule has 1 aliphatic rings. The van der Waals surface area contributed by atoms with Gasteiger partial charge in [0.1, 0.15) is 17.9 Å². The van der Waals surface area contributed by atoms with Gasteiger partial charge in [0.2, 0.25) is 0 Å². The molecule has 1 heterocycles. The summed E-state index contributed by atoms with van der Waals surface area (Å²) in [5.74, 6) is 1.30. The summed E-state index contributed by atoms with van der Waals surface area (Å²) in [6, 6.07) is 20.8. The molecular weight excluding hydrogens is 537 g/mol. The molecule has 11 heteroatoms. The molecule has 4 rings (SSSR count). The normalized spacial score (nSPS) is 16.0. The van der Waals surface area contributed by atoms with Crippen molar-refractivity contribution >= 4 is 46.7 Å². The molecule has 0 aliphatic carbocycles. The fourth-order valence-electron chi connectivity index (χ4n) is 3.77. The first kappa shape index (κ1) is 28.9. The maximum Gasteiger partial charge on any atom is 0.573 e. The van der Waals surface area contributed by atoms with Gasteiger partial charge in [0.25, 0.3) is 0 Å². The average molecular weight is 567 g/mol. The monoisotopic (exact) mass is 566 g/mol. The predicted octanol–water partition coefficient (Wildman–Crippen LogP) is 7.23. The zero-order valence-electron chi connectivity index (χ0n) is 22.0. The molecule has 1 saturated heterocycles. The molecule has 3 aromatic carbocycles. The lowest BCUT2D eigenvalue weighted by Gasteiger charge is -2.25. The summed E-state index contributed by atoms with van der Waals surface area (Å²) < 4.78 is 40.7. The second-order valence-electron chi connectivity index (χ2n) is 9.10. The van der Waals surface area contributed by atoms with Gasteiger partial charge in [0.15, 0.2) is 5.17 Å². The Labute approximate surface area is 235 Å². The van der Waals surface area contributed by atoms with Crippen molar-refractivity contribution in [2.24, 2.45) is 25.8 Å². The maximum atomic E-state index is 12.3. The molecule has 208 valence electrons. The number of ether oxygens (including phenoxy) is 1. The van der Waals surface area contributed by atoms with Crippen molar-refractivity contribution in [3.63, 3.8) is 0 Å². The smallest absolute Gasteiger partial charge is 0.406 e. The molecule has 0 bridgehead atoms. The fraction of sp³-hybridized carbons (Fsp3) is 0.241. The highest BCUT2D eigenvalue weighted by Crippen LogP contribution is 2.29. The summed E-state index contributed by atoms with van der Waals surface area (Å²) in [6.45, 7) is 5.12. The van der Waals surface area contributed by atoms with Gasteiger partial charge in [-0.15, -0.1) is 13.2 Å². The van der Waals surface area contributed by atoms with Crippen LogP contribution >= 0.6 is 11.8 Å². The van der Waals surface area contributed by atoms with Gasteiger partial charge in [-0.1, -0.05) is 68.1 Å². The van der Waals surface area contributed by atoms with Crippen LogP contribution in [0, 0.1) is 0 Å². The summed E-state index contributed by atoms with van der Waals surface area (Å²) in [5.41, 5.74) is 10.2. The number of nitrogens with two attached hydrogens (primary N) is 1. The topological polar surface area (TPSA) is 87.9 Å². The first-order valence-electron chi connectivity index (χ1n) is 12.6. The summed E-state index contributed by atoms with van der Waals surface area (Å²) in [7, 11) is 0. The van der Waals surface area contributed by atoms with Crippen molar-refractivity contribution in [2.75, 3.05) is 12.3 Å². The number of alkyl halides is 3. The van der Waals surface area contributed by atoms with Crippen LogP contribution in [0.15, 0.2) is 92.9 Å². The Kier molecular flexibility index (Phi) is 9.60. The molecule has 0 aromatic heterocycles. The molecule has 0 spiro atoms. The van der Waals surface area contributed by atoms with Gasteiger partial charge in [-0.25, -0.2) is 20.0 Å². The lowest BCUT2D eigenvalue weighted by atomic mass is 10.0. The summed E-state index contributed by atoms with van der Waals surface area (Å²) >= 11 is 1.70. The van der Waals surface area contributed by atoms with Gasteiger partial charge in [0.05, 0.1) is 17.6 Å². The minimum atomic E-state index is -4.74. The Balaban J connectivity index is 1.39. The molecule has 0 atom stereocenters. The lowest BCUT2D eigenvalue weighted by Crippen LogP contribution is -2.29. The van der Waals surface area contributed by atoms with Gasteiger partial charge in [-0.05, 0) is 53.8 Å². The number of para-hydroxylation sites is 1. The van der Waals surface area contributed by atoms with E-state index >= 15 is 0 Å². The van der Waals surface area contributed by atoms with Gasteiger partial charge < -0.3 is 10.5 Å². The number of nitrogens with zero attached hydrogens (tertiary/aromatic N) is 5. The summed E-state index contributed by atoms with van der Waals surface area (Å²) in [6.07, 6.45) is -0.683. The van der Waals surface area contributed by atoms with Crippen LogP contribution < -0.4 is 10.5 Å². The number of hydrogen-bond acceptors (Lipinski definition) is 5. The molecule has 2 N–H and O–H groups in total. The second-order valence-corrected chi connectivity index (χ2v) is 10.2. The van der Waals surface area contributed by atoms with Crippen molar-refractivity contribution in [3.8, 4) is 5.75 Å². The Morgan fingerprint density at radius 2 is 1.75 bits per heavy atom. The standard InChI is InChI=1S/C29H29F3N6OS/c1-20(2)25-6-3-4-7-26(25)37-28-38(16-5-17-40-28)36-18-21-8-10-22(11-9-21)27(33)35-19-34-23-12-14-24(15-13-23)39-29(30,31)32/h3-4,6-15,18-20H,5,16-17H2,1-2H3,(H2,33,34,35)/b36-18+,37-28?. The molecule has 1 aliphatic heterocycles. The van der Waals surface area contributed by atoms with Crippen LogP contribution in [0.25, 0.3) is 0 Å². The van der Waals surface area contributed by atoms with Crippen molar-refractivity contribution in [3.05, 3.63) is 89.5 Å². The van der Waals surface area contributed by atoms with Crippen LogP contribution in [0.2, 0.25) is 0 Å². The molecule has 1 fully saturated rings. The Hall–Kier alpha value is -4.12. The largest absolute Gasteiger partial charge is 0.573 e. The lowest BCUT2D eigenvalue weighted by molar-refractivity contribution is -0.274. The summed E-state index contributed by atoms with van der Waals surface area (Å²) in [5, 5.41) is 7.51. The summed E-state index contributed by atoms with van der Waals surface area (Å²) in [4.78, 5) is 13.1. The Morgan fingerprint density at radius 3 is 2.45 bits per heavy atom. The number of hydrogen-bond donors (Lipinski definition) is 1. The first-order chi connectivity index (χ1) is 19.2. The SMILES string of the molecule is CC(C)c1ccccc1N=C1SCCCN1/N=C/c1ccc(C(N)=NC=Nc2ccc(OC(F)(F)F)cc2)cc1. The quantitative estimate of drug-likeness (QED) is 0.230. The van der Waals surface area contributed by atoms with E-state index in [1.165, 1.54) is 36.2 Å². The highest BCUT2D eigenvalue weighted by molar-refractivity contribution is 8.13. The third kappa shape index (κ3) is 8.44. The number of aliphatic imine (C=N–C) groups is 3. The minimum Gasteiger partial charge on any atom is -0.406 e. The molecule has 40 heavy (non-hydrogen) atoms. The number of hydrazone groups is 1. The molecule has 3 aromatic rings.